The van der Waals surface area contributed by atoms with Crippen molar-refractivity contribution in [2.75, 3.05) is 14.2 Å². The first kappa shape index (κ1) is 13.5. The number of hydrogen-bond acceptors (Lipinski definition) is 3. The van der Waals surface area contributed by atoms with Gasteiger partial charge in [-0.3, -0.25) is 0 Å². The Morgan fingerprint density at radius 3 is 2.17 bits per heavy atom. The van der Waals surface area contributed by atoms with Gasteiger partial charge in [-0.25, -0.2) is 0 Å². The normalized spacial score (nSPS) is 10.2. The van der Waals surface area contributed by atoms with Crippen LogP contribution in [0.15, 0.2) is 52.3 Å². The molecule has 0 unspecified atom stereocenters. The van der Waals surface area contributed by atoms with Crippen molar-refractivity contribution in [1.82, 2.24) is 0 Å². The van der Waals surface area contributed by atoms with Crippen LogP contribution in [0.4, 0.5) is 0 Å². The molecule has 0 aliphatic rings. The molecular weight excluding hydrogens is 359 g/mol. The summed E-state index contributed by atoms with van der Waals surface area (Å²) in [5, 5.41) is 0. The van der Waals surface area contributed by atoms with Gasteiger partial charge in [0, 0.05) is 9.79 Å². The molecule has 4 heteroatoms. The smallest absolute Gasteiger partial charge is 0.133 e. The van der Waals surface area contributed by atoms with E-state index in [0.717, 1.165) is 20.0 Å². The van der Waals surface area contributed by atoms with Crippen molar-refractivity contribution >= 4 is 34.4 Å². The van der Waals surface area contributed by atoms with Gasteiger partial charge < -0.3 is 9.47 Å². The molecule has 0 spiro atoms. The van der Waals surface area contributed by atoms with Crippen LogP contribution < -0.4 is 9.47 Å². The first-order chi connectivity index (χ1) is 8.72. The van der Waals surface area contributed by atoms with Crippen molar-refractivity contribution in [1.29, 1.82) is 0 Å². The maximum atomic E-state index is 5.32. The van der Waals surface area contributed by atoms with Crippen LogP contribution in [-0.4, -0.2) is 14.2 Å². The zero-order valence-electron chi connectivity index (χ0n) is 10.1. The Hall–Kier alpha value is -0.880. The van der Waals surface area contributed by atoms with Crippen molar-refractivity contribution in [2.45, 2.75) is 9.79 Å². The molecule has 18 heavy (non-hydrogen) atoms. The van der Waals surface area contributed by atoms with Gasteiger partial charge in [0.25, 0.3) is 0 Å². The standard InChI is InChI=1S/C14H13IO2S/c1-16-10-3-5-11(6-4-10)18-12-7-8-13(15)14(9-12)17-2/h3-9H,1-2H3. The van der Waals surface area contributed by atoms with Crippen LogP contribution in [0.5, 0.6) is 11.5 Å². The Labute approximate surface area is 125 Å². The van der Waals surface area contributed by atoms with Gasteiger partial charge in [-0.1, -0.05) is 11.8 Å². The lowest BCUT2D eigenvalue weighted by molar-refractivity contribution is 0.410. The molecule has 0 aliphatic carbocycles. The van der Waals surface area contributed by atoms with E-state index in [1.54, 1.807) is 26.0 Å². The molecule has 2 aromatic rings. The lowest BCUT2D eigenvalue weighted by atomic mass is 10.3. The molecule has 0 radical (unpaired) electrons. The van der Waals surface area contributed by atoms with Crippen LogP contribution in [0.1, 0.15) is 0 Å². The van der Waals surface area contributed by atoms with E-state index in [1.165, 1.54) is 4.90 Å². The summed E-state index contributed by atoms with van der Waals surface area (Å²) in [4.78, 5) is 2.34. The molecule has 0 aromatic heterocycles. The van der Waals surface area contributed by atoms with Crippen LogP contribution >= 0.6 is 34.4 Å². The molecule has 2 rings (SSSR count). The first-order valence-corrected chi connectivity index (χ1v) is 7.28. The van der Waals surface area contributed by atoms with Gasteiger partial charge in [-0.2, -0.15) is 0 Å². The fourth-order valence-corrected chi connectivity index (χ4v) is 2.89. The second-order valence-electron chi connectivity index (χ2n) is 3.57. The van der Waals surface area contributed by atoms with E-state index in [9.17, 15) is 0 Å². The Balaban J connectivity index is 2.17. The van der Waals surface area contributed by atoms with Crippen molar-refractivity contribution in [3.05, 3.63) is 46.0 Å². The topological polar surface area (TPSA) is 18.5 Å². The lowest BCUT2D eigenvalue weighted by Gasteiger charge is -2.07. The summed E-state index contributed by atoms with van der Waals surface area (Å²) in [6, 6.07) is 14.2. The molecule has 0 heterocycles. The number of ether oxygens (including phenoxy) is 2. The minimum atomic E-state index is 0.875. The molecule has 2 aromatic carbocycles. The third kappa shape index (κ3) is 3.32. The van der Waals surface area contributed by atoms with Gasteiger partial charge in [0.2, 0.25) is 0 Å². The van der Waals surface area contributed by atoms with Crippen LogP contribution in [-0.2, 0) is 0 Å². The van der Waals surface area contributed by atoms with Crippen LogP contribution in [0.3, 0.4) is 0 Å². The van der Waals surface area contributed by atoms with Crippen molar-refractivity contribution < 1.29 is 9.47 Å². The minimum absolute atomic E-state index is 0.875. The Bertz CT molecular complexity index is 526. The second kappa shape index (κ2) is 6.33. The third-order valence-corrected chi connectivity index (χ3v) is 4.31. The van der Waals surface area contributed by atoms with Gasteiger partial charge in [0.1, 0.15) is 11.5 Å². The monoisotopic (exact) mass is 372 g/mol. The Kier molecular flexibility index (Phi) is 4.77. The Morgan fingerprint density at radius 1 is 0.889 bits per heavy atom. The highest BCUT2D eigenvalue weighted by Gasteiger charge is 2.03. The highest BCUT2D eigenvalue weighted by molar-refractivity contribution is 14.1. The maximum absolute atomic E-state index is 5.32. The number of rotatable bonds is 4. The zero-order valence-corrected chi connectivity index (χ0v) is 13.1. The quantitative estimate of drug-likeness (QED) is 0.739. The average Bonchev–Trinajstić information content (AvgIpc) is 2.42. The van der Waals surface area contributed by atoms with Gasteiger partial charge in [0.05, 0.1) is 17.8 Å². The van der Waals surface area contributed by atoms with Gasteiger partial charge in [-0.15, -0.1) is 0 Å². The summed E-state index contributed by atoms with van der Waals surface area (Å²) in [6.07, 6.45) is 0. The summed E-state index contributed by atoms with van der Waals surface area (Å²) in [6.45, 7) is 0. The molecule has 0 fully saturated rings. The van der Waals surface area contributed by atoms with Gasteiger partial charge in [0.15, 0.2) is 0 Å². The molecule has 0 saturated heterocycles. The van der Waals surface area contributed by atoms with E-state index in [2.05, 4.69) is 40.8 Å². The number of benzene rings is 2. The van der Waals surface area contributed by atoms with E-state index in [4.69, 9.17) is 9.47 Å². The average molecular weight is 372 g/mol. The molecule has 94 valence electrons. The summed E-state index contributed by atoms with van der Waals surface area (Å²) < 4.78 is 11.6. The predicted molar refractivity (Wildman–Crippen MR) is 82.8 cm³/mol. The van der Waals surface area contributed by atoms with E-state index in [0.29, 0.717) is 0 Å². The number of hydrogen-bond donors (Lipinski definition) is 0. The zero-order chi connectivity index (χ0) is 13.0. The summed E-state index contributed by atoms with van der Waals surface area (Å²) in [7, 11) is 3.37. The van der Waals surface area contributed by atoms with E-state index in [-0.39, 0.29) is 0 Å². The predicted octanol–water partition coefficient (Wildman–Crippen LogP) is 4.46. The van der Waals surface area contributed by atoms with Crippen molar-refractivity contribution in [3.8, 4) is 11.5 Å². The number of methoxy groups -OCH3 is 2. The summed E-state index contributed by atoms with van der Waals surface area (Å²) in [5.74, 6) is 1.79. The molecule has 0 N–H and O–H groups in total. The van der Waals surface area contributed by atoms with Gasteiger partial charge >= 0.3 is 0 Å². The highest BCUT2D eigenvalue weighted by atomic mass is 127. The minimum Gasteiger partial charge on any atom is -0.497 e. The second-order valence-corrected chi connectivity index (χ2v) is 5.88. The van der Waals surface area contributed by atoms with Crippen molar-refractivity contribution in [3.63, 3.8) is 0 Å². The lowest BCUT2D eigenvalue weighted by Crippen LogP contribution is -1.87. The molecule has 2 nitrogen and oxygen atoms in total. The Morgan fingerprint density at radius 2 is 1.56 bits per heavy atom. The maximum Gasteiger partial charge on any atom is 0.133 e. The van der Waals surface area contributed by atoms with Crippen molar-refractivity contribution in [2.24, 2.45) is 0 Å². The largest absolute Gasteiger partial charge is 0.497 e. The van der Waals surface area contributed by atoms with Gasteiger partial charge in [-0.05, 0) is 65.1 Å². The van der Waals surface area contributed by atoms with E-state index < -0.39 is 0 Å². The third-order valence-electron chi connectivity index (χ3n) is 2.42. The fourth-order valence-electron chi connectivity index (χ4n) is 1.48. The van der Waals surface area contributed by atoms with E-state index >= 15 is 0 Å². The summed E-state index contributed by atoms with van der Waals surface area (Å²) >= 11 is 3.97. The summed E-state index contributed by atoms with van der Waals surface area (Å²) in [5.41, 5.74) is 0. The molecule has 0 amide bonds. The van der Waals surface area contributed by atoms with E-state index in [1.807, 2.05) is 24.3 Å². The van der Waals surface area contributed by atoms with Crippen LogP contribution in [0.25, 0.3) is 0 Å². The molecule has 0 saturated carbocycles. The van der Waals surface area contributed by atoms with Crippen LogP contribution in [0.2, 0.25) is 0 Å². The fraction of sp³-hybridized carbons (Fsp3) is 0.143. The molecule has 0 bridgehead atoms. The molecular formula is C14H13IO2S. The molecule has 0 aliphatic heterocycles. The highest BCUT2D eigenvalue weighted by Crippen LogP contribution is 2.33. The SMILES string of the molecule is COc1ccc(Sc2ccc(I)c(OC)c2)cc1. The molecule has 0 atom stereocenters. The van der Waals surface area contributed by atoms with Crippen LogP contribution in [0, 0.1) is 3.57 Å². The number of halogens is 1. The first-order valence-electron chi connectivity index (χ1n) is 5.38.